The van der Waals surface area contributed by atoms with Crippen molar-refractivity contribution >= 4 is 40.7 Å². The first-order valence-electron chi connectivity index (χ1n) is 5.34. The molecule has 2 nitrogen and oxygen atoms in total. The van der Waals surface area contributed by atoms with Gasteiger partial charge in [0.2, 0.25) is 0 Å². The van der Waals surface area contributed by atoms with Gasteiger partial charge in [0.15, 0.2) is 0 Å². The van der Waals surface area contributed by atoms with Gasteiger partial charge in [-0.3, -0.25) is 0 Å². The molecule has 1 saturated heterocycles. The molecule has 0 aromatic rings. The van der Waals surface area contributed by atoms with Gasteiger partial charge in [-0.2, -0.15) is 0 Å². The Labute approximate surface area is 99.3 Å². The van der Waals surface area contributed by atoms with Crippen LogP contribution in [0.4, 0.5) is 0 Å². The first kappa shape index (κ1) is 13.2. The molecule has 1 aliphatic rings. The zero-order valence-electron chi connectivity index (χ0n) is 10.9. The first-order chi connectivity index (χ1) is 5.97. The number of hydrogen-bond donors (Lipinski definition) is 0. The molecule has 0 aromatic carbocycles. The predicted octanol–water partition coefficient (Wildman–Crippen LogP) is 2.51. The standard InChI is InChI=1S/C8H24GeN2Si3/c1-12(2,3)10-9-11(13(4,5)6)14(10,7)8/h1-8H3. The third-order valence-electron chi connectivity index (χ3n) is 2.64. The Morgan fingerprint density at radius 1 is 0.786 bits per heavy atom. The molecular formula is C8H24GeN2Si3. The van der Waals surface area contributed by atoms with Crippen molar-refractivity contribution in [3.8, 4) is 0 Å². The Morgan fingerprint density at radius 3 is 1.21 bits per heavy atom. The molecule has 0 aliphatic carbocycles. The predicted molar refractivity (Wildman–Crippen MR) is 73.6 cm³/mol. The zero-order valence-corrected chi connectivity index (χ0v) is 16.0. The van der Waals surface area contributed by atoms with Crippen molar-refractivity contribution in [3.05, 3.63) is 0 Å². The zero-order chi connectivity index (χ0) is 11.4. The van der Waals surface area contributed by atoms with E-state index in [0.717, 1.165) is 0 Å². The SMILES string of the molecule is C[Si](C)(C)[N]1[Ge][N]([Si](C)(C)C)[Si]1(C)C. The van der Waals surface area contributed by atoms with E-state index in [0.29, 0.717) is 0 Å². The van der Waals surface area contributed by atoms with Gasteiger partial charge in [0, 0.05) is 0 Å². The summed E-state index contributed by atoms with van der Waals surface area (Å²) in [5, 5.41) is 0. The van der Waals surface area contributed by atoms with Crippen molar-refractivity contribution in [2.24, 2.45) is 0 Å². The van der Waals surface area contributed by atoms with E-state index in [1.165, 1.54) is 0 Å². The van der Waals surface area contributed by atoms with Crippen LogP contribution in [0.2, 0.25) is 52.4 Å². The van der Waals surface area contributed by atoms with Crippen molar-refractivity contribution in [2.45, 2.75) is 52.4 Å². The average Bonchev–Trinajstić information content (AvgIpc) is 1.77. The molecule has 6 heteroatoms. The van der Waals surface area contributed by atoms with Gasteiger partial charge in [-0.05, 0) is 0 Å². The molecule has 2 radical (unpaired) electrons. The first-order valence-corrected chi connectivity index (χ1v) is 17.0. The molecular weight excluding hydrogens is 281 g/mol. The van der Waals surface area contributed by atoms with E-state index in [2.05, 4.69) is 58.8 Å². The van der Waals surface area contributed by atoms with Crippen LogP contribution in [0.1, 0.15) is 0 Å². The van der Waals surface area contributed by atoms with Crippen molar-refractivity contribution in [2.75, 3.05) is 0 Å². The van der Waals surface area contributed by atoms with E-state index in [1.54, 1.807) is 0 Å². The quantitative estimate of drug-likeness (QED) is 0.723. The molecule has 0 atom stereocenters. The monoisotopic (exact) mass is 306 g/mol. The van der Waals surface area contributed by atoms with Crippen molar-refractivity contribution < 1.29 is 0 Å². The molecule has 0 saturated carbocycles. The fourth-order valence-electron chi connectivity index (χ4n) is 2.34. The van der Waals surface area contributed by atoms with E-state index >= 15 is 0 Å². The van der Waals surface area contributed by atoms with Crippen LogP contribution in [0, 0.1) is 0 Å². The van der Waals surface area contributed by atoms with Crippen molar-refractivity contribution in [3.63, 3.8) is 0 Å². The summed E-state index contributed by atoms with van der Waals surface area (Å²) in [4.78, 5) is 0. The van der Waals surface area contributed by atoms with Gasteiger partial charge < -0.3 is 0 Å². The van der Waals surface area contributed by atoms with E-state index in [1.807, 2.05) is 0 Å². The Hall–Kier alpha value is 1.11. The molecule has 0 amide bonds. The van der Waals surface area contributed by atoms with Crippen LogP contribution in [-0.4, -0.2) is 47.1 Å². The molecule has 0 spiro atoms. The third kappa shape index (κ3) is 2.27. The molecule has 0 bridgehead atoms. The van der Waals surface area contributed by atoms with Gasteiger partial charge in [-0.15, -0.1) is 0 Å². The number of rotatable bonds is 2. The maximum atomic E-state index is 2.98. The summed E-state index contributed by atoms with van der Waals surface area (Å²) in [5.74, 6) is 0. The molecule has 1 aliphatic heterocycles. The summed E-state index contributed by atoms with van der Waals surface area (Å²) in [7, 11) is -3.13. The molecule has 0 N–H and O–H groups in total. The van der Waals surface area contributed by atoms with E-state index in [9.17, 15) is 0 Å². The van der Waals surface area contributed by atoms with Crippen LogP contribution in [0.25, 0.3) is 0 Å². The average molecular weight is 305 g/mol. The second-order valence-corrected chi connectivity index (χ2v) is 27.0. The minimum atomic E-state index is -1.13. The fraction of sp³-hybridized carbons (Fsp3) is 1.00. The molecule has 82 valence electrons. The van der Waals surface area contributed by atoms with Crippen LogP contribution >= 0.6 is 0 Å². The summed E-state index contributed by atoms with van der Waals surface area (Å²) < 4.78 is 5.97. The van der Waals surface area contributed by atoms with Crippen LogP contribution in [0.3, 0.4) is 0 Å². The molecule has 0 unspecified atom stereocenters. The van der Waals surface area contributed by atoms with Crippen LogP contribution in [0.5, 0.6) is 0 Å². The second-order valence-electron chi connectivity index (χ2n) is 6.61. The molecule has 1 heterocycles. The van der Waals surface area contributed by atoms with Gasteiger partial charge in [0.25, 0.3) is 0 Å². The normalized spacial score (nSPS) is 24.9. The second kappa shape index (κ2) is 3.56. The van der Waals surface area contributed by atoms with Crippen molar-refractivity contribution in [1.29, 1.82) is 0 Å². The number of nitrogens with zero attached hydrogens (tertiary/aromatic N) is 2. The van der Waals surface area contributed by atoms with E-state index in [4.69, 9.17) is 0 Å². The van der Waals surface area contributed by atoms with Crippen LogP contribution < -0.4 is 0 Å². The molecule has 1 rings (SSSR count). The fourth-order valence-corrected chi connectivity index (χ4v) is 29.9. The Balaban J connectivity index is 2.79. The maximum absolute atomic E-state index is 2.98. The van der Waals surface area contributed by atoms with E-state index < -0.39 is 24.9 Å². The summed E-state index contributed by atoms with van der Waals surface area (Å²) in [6, 6.07) is 0. The van der Waals surface area contributed by atoms with Crippen molar-refractivity contribution in [1.82, 2.24) is 6.38 Å². The number of hydrogen-bond acceptors (Lipinski definition) is 2. The summed E-state index contributed by atoms with van der Waals surface area (Å²) in [6.07, 6.45) is 0. The summed E-state index contributed by atoms with van der Waals surface area (Å²) in [5.41, 5.74) is 0. The minimum absolute atomic E-state index is 0.102. The van der Waals surface area contributed by atoms with Gasteiger partial charge in [-0.25, -0.2) is 0 Å². The third-order valence-corrected chi connectivity index (χ3v) is 33.1. The molecule has 0 aromatic heterocycles. The Kier molecular flexibility index (Phi) is 3.35. The van der Waals surface area contributed by atoms with Crippen LogP contribution in [-0.2, 0) is 0 Å². The molecule has 14 heavy (non-hydrogen) atoms. The van der Waals surface area contributed by atoms with E-state index in [-0.39, 0.29) is 15.9 Å². The molecule has 1 fully saturated rings. The topological polar surface area (TPSA) is 6.48 Å². The van der Waals surface area contributed by atoms with Gasteiger partial charge in [-0.1, -0.05) is 0 Å². The van der Waals surface area contributed by atoms with Gasteiger partial charge in [0.05, 0.1) is 0 Å². The van der Waals surface area contributed by atoms with Gasteiger partial charge in [0.1, 0.15) is 0 Å². The Morgan fingerprint density at radius 2 is 1.07 bits per heavy atom. The summed E-state index contributed by atoms with van der Waals surface area (Å²) in [6.45, 7) is 20.1. The Bertz CT molecular complexity index is 210. The van der Waals surface area contributed by atoms with Gasteiger partial charge >= 0.3 is 99.5 Å². The summed E-state index contributed by atoms with van der Waals surface area (Å²) >= 11 is 0.102. The van der Waals surface area contributed by atoms with Crippen LogP contribution in [0.15, 0.2) is 0 Å².